The van der Waals surface area contributed by atoms with Crippen LogP contribution in [0.4, 0.5) is 4.79 Å². The normalized spacial score (nSPS) is 10.7. The van der Waals surface area contributed by atoms with Crippen molar-refractivity contribution in [2.24, 2.45) is 14.1 Å². The molecular weight excluding hydrogens is 360 g/mol. The van der Waals surface area contributed by atoms with Gasteiger partial charge in [0.15, 0.2) is 15.9 Å². The van der Waals surface area contributed by atoms with E-state index < -0.39 is 23.2 Å². The number of carbonyl (C=O) groups excluding carboxylic acids is 2. The summed E-state index contributed by atoms with van der Waals surface area (Å²) in [5, 5.41) is 4.34. The quantitative estimate of drug-likeness (QED) is 0.631. The van der Waals surface area contributed by atoms with Gasteiger partial charge in [0.1, 0.15) is 6.54 Å². The molecule has 3 amide bonds. The van der Waals surface area contributed by atoms with Crippen LogP contribution in [0.3, 0.4) is 0 Å². The summed E-state index contributed by atoms with van der Waals surface area (Å²) in [6, 6.07) is -0.657. The molecule has 0 aliphatic heterocycles. The fourth-order valence-corrected chi connectivity index (χ4v) is 2.45. The van der Waals surface area contributed by atoms with Crippen LogP contribution in [0.5, 0.6) is 0 Å². The smallest absolute Gasteiger partial charge is 0.332 e. The Labute approximate surface area is 131 Å². The summed E-state index contributed by atoms with van der Waals surface area (Å²) in [6.07, 6.45) is 0. The number of amides is 3. The Hall–Kier alpha value is -2.43. The molecule has 2 aromatic heterocycles. The molecule has 0 spiro atoms. The second-order valence-corrected chi connectivity index (χ2v) is 5.18. The van der Waals surface area contributed by atoms with Gasteiger partial charge in [0.05, 0.1) is 0 Å². The fourth-order valence-electron chi connectivity index (χ4n) is 1.97. The number of imidazole rings is 1. The van der Waals surface area contributed by atoms with Crippen molar-refractivity contribution < 1.29 is 9.59 Å². The van der Waals surface area contributed by atoms with Gasteiger partial charge >= 0.3 is 11.7 Å². The van der Waals surface area contributed by atoms with Gasteiger partial charge in [0, 0.05) is 21.1 Å². The molecule has 2 N–H and O–H groups in total. The van der Waals surface area contributed by atoms with Crippen molar-refractivity contribution >= 4 is 39.0 Å². The number of halogens is 1. The minimum Gasteiger partial charge on any atom is -0.341 e. The molecule has 2 rings (SSSR count). The Kier molecular flexibility index (Phi) is 4.17. The molecule has 22 heavy (non-hydrogen) atoms. The van der Waals surface area contributed by atoms with Crippen LogP contribution < -0.4 is 21.9 Å². The molecule has 0 radical (unpaired) electrons. The van der Waals surface area contributed by atoms with E-state index in [1.807, 2.05) is 0 Å². The second kappa shape index (κ2) is 5.75. The van der Waals surface area contributed by atoms with Crippen LogP contribution in [0.15, 0.2) is 14.3 Å². The van der Waals surface area contributed by atoms with Crippen LogP contribution in [-0.4, -0.2) is 37.7 Å². The summed E-state index contributed by atoms with van der Waals surface area (Å²) in [5.74, 6) is -0.618. The minimum absolute atomic E-state index is 0.0456. The summed E-state index contributed by atoms with van der Waals surface area (Å²) in [5.41, 5.74) is -0.877. The first-order valence-corrected chi connectivity index (χ1v) is 6.90. The van der Waals surface area contributed by atoms with Crippen molar-refractivity contribution in [1.29, 1.82) is 0 Å². The van der Waals surface area contributed by atoms with Crippen LogP contribution in [-0.2, 0) is 25.4 Å². The number of aromatic nitrogens is 4. The average Bonchev–Trinajstić information content (AvgIpc) is 2.79. The summed E-state index contributed by atoms with van der Waals surface area (Å²) in [6.45, 7) is -0.287. The Morgan fingerprint density at radius 1 is 1.23 bits per heavy atom. The number of imide groups is 1. The lowest BCUT2D eigenvalue weighted by molar-refractivity contribution is -0.120. The number of rotatable bonds is 2. The van der Waals surface area contributed by atoms with Crippen molar-refractivity contribution in [2.75, 3.05) is 7.05 Å². The number of fused-ring (bicyclic) bond motifs is 1. The topological polar surface area (TPSA) is 120 Å². The van der Waals surface area contributed by atoms with E-state index in [0.29, 0.717) is 0 Å². The maximum atomic E-state index is 12.1. The summed E-state index contributed by atoms with van der Waals surface area (Å²) in [7, 11) is 4.18. The molecule has 10 nitrogen and oxygen atoms in total. The molecule has 2 aromatic rings. The zero-order chi connectivity index (χ0) is 16.6. The molecule has 2 heterocycles. The molecule has 0 aliphatic rings. The first kappa shape index (κ1) is 15.9. The highest BCUT2D eigenvalue weighted by Crippen LogP contribution is 2.16. The maximum Gasteiger partial charge on any atom is 0.332 e. The lowest BCUT2D eigenvalue weighted by Crippen LogP contribution is -2.40. The Morgan fingerprint density at radius 2 is 1.86 bits per heavy atom. The first-order chi connectivity index (χ1) is 10.3. The van der Waals surface area contributed by atoms with E-state index >= 15 is 0 Å². The fraction of sp³-hybridized carbons (Fsp3) is 0.364. The van der Waals surface area contributed by atoms with Gasteiger partial charge in [-0.1, -0.05) is 0 Å². The molecule has 0 saturated heterocycles. The van der Waals surface area contributed by atoms with E-state index in [1.54, 1.807) is 0 Å². The lowest BCUT2D eigenvalue weighted by atomic mass is 10.5. The zero-order valence-corrected chi connectivity index (χ0v) is 13.6. The molecule has 0 unspecified atom stereocenters. The zero-order valence-electron chi connectivity index (χ0n) is 12.0. The van der Waals surface area contributed by atoms with Gasteiger partial charge in [0.25, 0.3) is 5.56 Å². The number of hydrogen-bond acceptors (Lipinski definition) is 5. The van der Waals surface area contributed by atoms with Gasteiger partial charge < -0.3 is 5.32 Å². The van der Waals surface area contributed by atoms with Gasteiger partial charge in [-0.05, 0) is 15.9 Å². The molecule has 11 heteroatoms. The van der Waals surface area contributed by atoms with Gasteiger partial charge in [-0.2, -0.15) is 0 Å². The summed E-state index contributed by atoms with van der Waals surface area (Å²) in [4.78, 5) is 51.0. The van der Waals surface area contributed by atoms with E-state index in [9.17, 15) is 19.2 Å². The van der Waals surface area contributed by atoms with Crippen LogP contribution in [0, 0.1) is 0 Å². The number of nitrogens with zero attached hydrogens (tertiary/aromatic N) is 4. The van der Waals surface area contributed by atoms with E-state index in [-0.39, 0.29) is 22.4 Å². The molecule has 0 aromatic carbocycles. The highest BCUT2D eigenvalue weighted by Gasteiger charge is 2.19. The highest BCUT2D eigenvalue weighted by atomic mass is 79.9. The van der Waals surface area contributed by atoms with E-state index in [4.69, 9.17) is 0 Å². The lowest BCUT2D eigenvalue weighted by Gasteiger charge is -2.09. The Bertz CT molecular complexity index is 893. The first-order valence-electron chi connectivity index (χ1n) is 6.11. The van der Waals surface area contributed by atoms with Crippen molar-refractivity contribution in [3.05, 3.63) is 25.6 Å². The third kappa shape index (κ3) is 2.54. The predicted molar refractivity (Wildman–Crippen MR) is 80.5 cm³/mol. The number of carbonyl (C=O) groups is 2. The van der Waals surface area contributed by atoms with Crippen molar-refractivity contribution in [2.45, 2.75) is 6.54 Å². The molecule has 118 valence electrons. The maximum absolute atomic E-state index is 12.1. The van der Waals surface area contributed by atoms with Crippen LogP contribution in [0.25, 0.3) is 11.2 Å². The van der Waals surface area contributed by atoms with Crippen LogP contribution in [0.1, 0.15) is 0 Å². The monoisotopic (exact) mass is 372 g/mol. The van der Waals surface area contributed by atoms with Crippen molar-refractivity contribution in [3.63, 3.8) is 0 Å². The second-order valence-electron chi connectivity index (χ2n) is 4.47. The van der Waals surface area contributed by atoms with Gasteiger partial charge in [-0.25, -0.2) is 14.6 Å². The number of nitrogens with one attached hydrogen (secondary N) is 2. The van der Waals surface area contributed by atoms with Crippen molar-refractivity contribution in [3.8, 4) is 0 Å². The van der Waals surface area contributed by atoms with E-state index in [2.05, 4.69) is 31.5 Å². The van der Waals surface area contributed by atoms with Gasteiger partial charge in [-0.3, -0.25) is 28.6 Å². The van der Waals surface area contributed by atoms with Crippen molar-refractivity contribution in [1.82, 2.24) is 29.3 Å². The van der Waals surface area contributed by atoms with Crippen LogP contribution >= 0.6 is 15.9 Å². The van der Waals surface area contributed by atoms with Gasteiger partial charge in [0.2, 0.25) is 5.91 Å². The Balaban J connectivity index is 2.58. The predicted octanol–water partition coefficient (Wildman–Crippen LogP) is -1.35. The molecule has 0 aliphatic carbocycles. The molecular formula is C11H13BrN6O4. The molecule has 0 bridgehead atoms. The van der Waals surface area contributed by atoms with Gasteiger partial charge in [-0.15, -0.1) is 0 Å². The summed E-state index contributed by atoms with van der Waals surface area (Å²) >= 11 is 3.15. The van der Waals surface area contributed by atoms with Crippen LogP contribution in [0.2, 0.25) is 0 Å². The highest BCUT2D eigenvalue weighted by molar-refractivity contribution is 9.10. The summed E-state index contributed by atoms with van der Waals surface area (Å²) < 4.78 is 3.67. The SMILES string of the molecule is CNC(=O)NC(=O)Cn1c(Br)nc2c(=O)n(C)c(=O)n(C)c21. The molecule has 0 fully saturated rings. The number of aryl methyl sites for hydroxylation is 1. The minimum atomic E-state index is -0.657. The number of urea groups is 1. The standard InChI is InChI=1S/C11H13BrN6O4/c1-13-10(21)14-5(19)4-18-7-6(15-9(18)12)8(20)17(3)11(22)16(7)2/h4H2,1-3H3,(H2,13,14,19,21). The number of hydrogen-bond donors (Lipinski definition) is 2. The average molecular weight is 373 g/mol. The third-order valence-electron chi connectivity index (χ3n) is 3.07. The molecule has 0 saturated carbocycles. The molecule has 0 atom stereocenters. The third-order valence-corrected chi connectivity index (χ3v) is 3.68. The Morgan fingerprint density at radius 3 is 2.45 bits per heavy atom. The van der Waals surface area contributed by atoms with E-state index in [1.165, 1.54) is 30.3 Å². The largest absolute Gasteiger partial charge is 0.341 e. The van der Waals surface area contributed by atoms with E-state index in [0.717, 1.165) is 4.57 Å².